The largest absolute Gasteiger partial charge is 0.422 e. The van der Waals surface area contributed by atoms with Crippen LogP contribution in [-0.2, 0) is 0 Å². The van der Waals surface area contributed by atoms with Crippen LogP contribution in [0.15, 0.2) is 43.7 Å². The summed E-state index contributed by atoms with van der Waals surface area (Å²) in [6, 6.07) is 6.33. The Kier molecular flexibility index (Phi) is 4.06. The number of amides is 1. The van der Waals surface area contributed by atoms with Crippen molar-refractivity contribution < 1.29 is 9.21 Å². The molecule has 10 nitrogen and oxygen atoms in total. The number of carbonyl (C=O) groups is 1. The van der Waals surface area contributed by atoms with Crippen LogP contribution in [-0.4, -0.2) is 12.6 Å². The summed E-state index contributed by atoms with van der Waals surface area (Å²) in [5.41, 5.74) is 15.4. The first kappa shape index (κ1) is 13.9. The average Bonchev–Trinajstić information content (AvgIpc) is 2.47. The van der Waals surface area contributed by atoms with Crippen molar-refractivity contribution >= 4 is 22.6 Å². The predicted molar refractivity (Wildman–Crippen MR) is 72.8 cm³/mol. The molecule has 10 heteroatoms. The second-order valence-corrected chi connectivity index (χ2v) is 3.69. The third-order valence-electron chi connectivity index (χ3n) is 2.53. The molecular weight excluding hydrogens is 278 g/mol. The molecule has 0 radical (unpaired) electrons. The van der Waals surface area contributed by atoms with E-state index in [1.807, 2.05) is 0 Å². The van der Waals surface area contributed by atoms with E-state index in [0.29, 0.717) is 5.39 Å². The van der Waals surface area contributed by atoms with Crippen molar-refractivity contribution in [3.05, 3.63) is 61.1 Å². The summed E-state index contributed by atoms with van der Waals surface area (Å²) >= 11 is 0. The van der Waals surface area contributed by atoms with Gasteiger partial charge in [0.2, 0.25) is 0 Å². The quantitative estimate of drug-likeness (QED) is 0.396. The van der Waals surface area contributed by atoms with E-state index in [2.05, 4.69) is 25.4 Å². The van der Waals surface area contributed by atoms with E-state index in [1.54, 1.807) is 18.2 Å². The minimum Gasteiger partial charge on any atom is -0.422 e. The van der Waals surface area contributed by atoms with Gasteiger partial charge in [-0.15, -0.1) is 0 Å². The van der Waals surface area contributed by atoms with Gasteiger partial charge >= 0.3 is 5.63 Å². The number of fused-ring (bicyclic) bond motifs is 1. The third kappa shape index (κ3) is 2.76. The van der Waals surface area contributed by atoms with Crippen molar-refractivity contribution in [3.8, 4) is 0 Å². The summed E-state index contributed by atoms with van der Waals surface area (Å²) < 4.78 is 5.00. The highest BCUT2D eigenvalue weighted by Crippen LogP contribution is 2.27. The summed E-state index contributed by atoms with van der Waals surface area (Å²) in [5.74, 6) is -0.857. The molecule has 1 aromatic carbocycles. The van der Waals surface area contributed by atoms with E-state index in [-0.39, 0.29) is 17.9 Å². The lowest BCUT2D eigenvalue weighted by atomic mass is 10.1. The number of nitrogens with zero attached hydrogens (tertiary/aromatic N) is 6. The van der Waals surface area contributed by atoms with Crippen LogP contribution in [0.25, 0.3) is 31.9 Å². The molecule has 0 saturated heterocycles. The van der Waals surface area contributed by atoms with Crippen molar-refractivity contribution in [1.29, 1.82) is 0 Å². The lowest BCUT2D eigenvalue weighted by Crippen LogP contribution is -2.28. The Morgan fingerprint density at radius 2 is 2.05 bits per heavy atom. The zero-order valence-corrected chi connectivity index (χ0v) is 10.4. The molecule has 2 rings (SSSR count). The molecule has 0 aliphatic carbocycles. The SMILES string of the molecule is [N-]=[N+]=NCNC(=O)c1c(N=[N+]=[N-])c2ccccc2oc1=O. The number of benzene rings is 1. The fraction of sp³-hybridized carbons (Fsp3) is 0.0909. The number of hydrogen-bond donors (Lipinski definition) is 1. The summed E-state index contributed by atoms with van der Waals surface area (Å²) in [4.78, 5) is 28.9. The van der Waals surface area contributed by atoms with Crippen LogP contribution < -0.4 is 10.9 Å². The van der Waals surface area contributed by atoms with E-state index in [9.17, 15) is 9.59 Å². The monoisotopic (exact) mass is 285 g/mol. The Balaban J connectivity index is 2.66. The summed E-state index contributed by atoms with van der Waals surface area (Å²) in [5, 5.41) is 9.04. The first-order valence-corrected chi connectivity index (χ1v) is 5.59. The molecule has 1 N–H and O–H groups in total. The van der Waals surface area contributed by atoms with E-state index in [1.165, 1.54) is 6.07 Å². The molecule has 0 aliphatic rings. The number of nitrogens with one attached hydrogen (secondary N) is 1. The normalized spacial score (nSPS) is 9.52. The maximum Gasteiger partial charge on any atom is 0.349 e. The Morgan fingerprint density at radius 1 is 1.29 bits per heavy atom. The van der Waals surface area contributed by atoms with Crippen molar-refractivity contribution in [2.45, 2.75) is 0 Å². The molecule has 1 amide bonds. The van der Waals surface area contributed by atoms with Crippen LogP contribution in [0.4, 0.5) is 5.69 Å². The van der Waals surface area contributed by atoms with Gasteiger partial charge in [-0.2, -0.15) is 0 Å². The number of rotatable bonds is 4. The second kappa shape index (κ2) is 6.11. The third-order valence-corrected chi connectivity index (χ3v) is 2.53. The maximum atomic E-state index is 11.9. The van der Waals surface area contributed by atoms with Gasteiger partial charge in [0.05, 0.1) is 12.4 Å². The van der Waals surface area contributed by atoms with Gasteiger partial charge in [0, 0.05) is 15.2 Å². The molecule has 0 unspecified atom stereocenters. The smallest absolute Gasteiger partial charge is 0.349 e. The number of hydrogen-bond acceptors (Lipinski definition) is 5. The van der Waals surface area contributed by atoms with Gasteiger partial charge in [0.15, 0.2) is 0 Å². The Morgan fingerprint density at radius 3 is 2.76 bits per heavy atom. The Hall–Kier alpha value is -3.48. The topological polar surface area (TPSA) is 157 Å². The fourth-order valence-corrected chi connectivity index (χ4v) is 1.71. The van der Waals surface area contributed by atoms with Crippen molar-refractivity contribution in [2.24, 2.45) is 10.2 Å². The van der Waals surface area contributed by atoms with Gasteiger partial charge in [0.1, 0.15) is 11.1 Å². The molecular formula is C11H7N7O3. The molecule has 0 spiro atoms. The summed E-state index contributed by atoms with van der Waals surface area (Å²) in [7, 11) is 0. The van der Waals surface area contributed by atoms with Crippen LogP contribution in [0.3, 0.4) is 0 Å². The highest BCUT2D eigenvalue weighted by Gasteiger charge is 2.19. The van der Waals surface area contributed by atoms with Crippen LogP contribution in [0.5, 0.6) is 0 Å². The molecule has 1 heterocycles. The van der Waals surface area contributed by atoms with Crippen LogP contribution in [0.2, 0.25) is 0 Å². The molecule has 0 fully saturated rings. The number of carbonyl (C=O) groups excluding carboxylic acids is 1. The average molecular weight is 285 g/mol. The zero-order valence-electron chi connectivity index (χ0n) is 10.4. The van der Waals surface area contributed by atoms with Crippen molar-refractivity contribution in [2.75, 3.05) is 6.67 Å². The van der Waals surface area contributed by atoms with Gasteiger partial charge < -0.3 is 9.73 Å². The zero-order chi connectivity index (χ0) is 15.2. The summed E-state index contributed by atoms with van der Waals surface area (Å²) in [6.07, 6.45) is 0. The van der Waals surface area contributed by atoms with Gasteiger partial charge in [-0.25, -0.2) is 4.79 Å². The van der Waals surface area contributed by atoms with Crippen LogP contribution >= 0.6 is 0 Å². The van der Waals surface area contributed by atoms with Gasteiger partial charge in [-0.3, -0.25) is 4.79 Å². The Bertz CT molecular complexity index is 860. The predicted octanol–water partition coefficient (Wildman–Crippen LogP) is 2.73. The van der Waals surface area contributed by atoms with Gasteiger partial charge in [-0.05, 0) is 17.1 Å². The first-order valence-electron chi connectivity index (χ1n) is 5.59. The molecule has 0 aliphatic heterocycles. The maximum absolute atomic E-state index is 11.9. The standard InChI is InChI=1S/C11H7N7O3/c12-17-15-5-14-10(19)8-9(16-18-13)6-3-1-2-4-7(6)21-11(8)20/h1-4H,5H2,(H,14,19). The van der Waals surface area contributed by atoms with Crippen molar-refractivity contribution in [1.82, 2.24) is 5.32 Å². The van der Waals surface area contributed by atoms with Gasteiger partial charge in [-0.1, -0.05) is 28.4 Å². The minimum absolute atomic E-state index is 0.136. The van der Waals surface area contributed by atoms with E-state index in [0.717, 1.165) is 0 Å². The number of azide groups is 2. The molecule has 2 aromatic rings. The molecule has 1 aromatic heterocycles. The van der Waals surface area contributed by atoms with Crippen LogP contribution in [0, 0.1) is 0 Å². The molecule has 0 atom stereocenters. The first-order chi connectivity index (χ1) is 10.2. The minimum atomic E-state index is -0.950. The lowest BCUT2D eigenvalue weighted by molar-refractivity contribution is 0.0952. The molecule has 21 heavy (non-hydrogen) atoms. The highest BCUT2D eigenvalue weighted by molar-refractivity contribution is 6.05. The van der Waals surface area contributed by atoms with Crippen molar-refractivity contribution in [3.63, 3.8) is 0 Å². The molecule has 0 saturated carbocycles. The number of para-hydroxylation sites is 1. The van der Waals surface area contributed by atoms with E-state index >= 15 is 0 Å². The van der Waals surface area contributed by atoms with Gasteiger partial charge in [0.25, 0.3) is 5.91 Å². The highest BCUT2D eigenvalue weighted by atomic mass is 16.4. The van der Waals surface area contributed by atoms with E-state index < -0.39 is 17.1 Å². The summed E-state index contributed by atoms with van der Waals surface area (Å²) in [6.45, 7) is -0.350. The van der Waals surface area contributed by atoms with Crippen LogP contribution in [0.1, 0.15) is 10.4 Å². The molecule has 0 bridgehead atoms. The fourth-order valence-electron chi connectivity index (χ4n) is 1.71. The lowest BCUT2D eigenvalue weighted by Gasteiger charge is -2.06. The Labute approximate surface area is 116 Å². The van der Waals surface area contributed by atoms with E-state index in [4.69, 9.17) is 15.5 Å². The second-order valence-electron chi connectivity index (χ2n) is 3.69. The molecule has 104 valence electrons.